The number of phenols is 2. The lowest BCUT2D eigenvalue weighted by Crippen LogP contribution is -2.31. The van der Waals surface area contributed by atoms with E-state index in [9.17, 15) is 15.3 Å². The van der Waals surface area contributed by atoms with E-state index < -0.39 is 5.60 Å². The van der Waals surface area contributed by atoms with Gasteiger partial charge >= 0.3 is 0 Å². The second-order valence-corrected chi connectivity index (χ2v) is 8.74. The zero-order chi connectivity index (χ0) is 24.6. The maximum atomic E-state index is 11.9. The van der Waals surface area contributed by atoms with E-state index in [2.05, 4.69) is 20.6 Å². The molecule has 0 saturated carbocycles. The fourth-order valence-electron chi connectivity index (χ4n) is 3.74. The molecule has 0 aliphatic carbocycles. The third-order valence-corrected chi connectivity index (χ3v) is 5.99. The lowest BCUT2D eigenvalue weighted by Gasteiger charge is -2.25. The van der Waals surface area contributed by atoms with Crippen LogP contribution in [0.2, 0.25) is 10.0 Å². The topological polar surface area (TPSA) is 122 Å². The number of aromatic nitrogens is 6. The molecule has 2 aromatic heterocycles. The minimum atomic E-state index is -1.63. The molecule has 5 rings (SSSR count). The first-order valence-electron chi connectivity index (χ1n) is 10.4. The van der Waals surface area contributed by atoms with Crippen LogP contribution < -0.4 is 0 Å². The van der Waals surface area contributed by atoms with E-state index in [1.807, 2.05) is 6.07 Å². The number of aliphatic hydroxyl groups is 1. The van der Waals surface area contributed by atoms with Crippen LogP contribution in [-0.4, -0.2) is 45.3 Å². The molecule has 0 spiro atoms. The summed E-state index contributed by atoms with van der Waals surface area (Å²) in [7, 11) is 0. The largest absolute Gasteiger partial charge is 0.506 e. The normalized spacial score (nSPS) is 13.0. The molecule has 3 N–H and O–H groups in total. The number of phenolic OH excluding ortho intramolecular Hbond substituents is 2. The van der Waals surface area contributed by atoms with Crippen molar-refractivity contribution in [2.75, 3.05) is 0 Å². The number of aromatic hydroxyl groups is 2. The Morgan fingerprint density at radius 2 is 1.31 bits per heavy atom. The van der Waals surface area contributed by atoms with Crippen molar-refractivity contribution < 1.29 is 15.3 Å². The number of benzene rings is 3. The Morgan fingerprint density at radius 3 is 1.94 bits per heavy atom. The van der Waals surface area contributed by atoms with E-state index in [0.717, 1.165) is 0 Å². The molecule has 9 nitrogen and oxygen atoms in total. The van der Waals surface area contributed by atoms with Crippen molar-refractivity contribution in [3.8, 4) is 22.9 Å². The SMILES string of the molecule is Oc1ccc(Cl)cc1-n1cc(CC(O)(c2ccccc2)c2cn(-c3cc(Cl)ccc3O)nn2)nn1. The van der Waals surface area contributed by atoms with E-state index in [0.29, 0.717) is 32.7 Å². The van der Waals surface area contributed by atoms with Gasteiger partial charge in [-0.2, -0.15) is 0 Å². The highest BCUT2D eigenvalue weighted by molar-refractivity contribution is 6.31. The van der Waals surface area contributed by atoms with Crippen LogP contribution in [0.4, 0.5) is 0 Å². The number of hydrogen-bond donors (Lipinski definition) is 3. The molecule has 1 atom stereocenters. The number of nitrogens with zero attached hydrogens (tertiary/aromatic N) is 6. The van der Waals surface area contributed by atoms with E-state index in [4.69, 9.17) is 23.2 Å². The zero-order valence-corrected chi connectivity index (χ0v) is 19.5. The Kier molecular flexibility index (Phi) is 5.89. The summed E-state index contributed by atoms with van der Waals surface area (Å²) in [6.07, 6.45) is 3.11. The van der Waals surface area contributed by atoms with Crippen LogP contribution in [0, 0.1) is 0 Å². The summed E-state index contributed by atoms with van der Waals surface area (Å²) in [5, 5.41) is 49.7. The van der Waals surface area contributed by atoms with Gasteiger partial charge in [-0.05, 0) is 42.0 Å². The predicted octanol–water partition coefficient (Wildman–Crippen LogP) is 4.04. The highest BCUT2D eigenvalue weighted by Crippen LogP contribution is 2.33. The van der Waals surface area contributed by atoms with Gasteiger partial charge in [0.15, 0.2) is 0 Å². The molecular weight excluding hydrogens is 491 g/mol. The zero-order valence-electron chi connectivity index (χ0n) is 18.0. The lowest BCUT2D eigenvalue weighted by molar-refractivity contribution is 0.0752. The van der Waals surface area contributed by atoms with E-state index in [1.54, 1.807) is 54.7 Å². The minimum absolute atomic E-state index is 0.00143. The Labute approximate surface area is 209 Å². The Bertz CT molecular complexity index is 1500. The first-order valence-corrected chi connectivity index (χ1v) is 11.2. The molecule has 35 heavy (non-hydrogen) atoms. The third-order valence-electron chi connectivity index (χ3n) is 5.51. The third kappa shape index (κ3) is 4.44. The fourth-order valence-corrected chi connectivity index (χ4v) is 4.08. The van der Waals surface area contributed by atoms with Gasteiger partial charge in [0, 0.05) is 16.5 Å². The monoisotopic (exact) mass is 508 g/mol. The molecule has 1 unspecified atom stereocenters. The van der Waals surface area contributed by atoms with Crippen molar-refractivity contribution in [1.82, 2.24) is 30.0 Å². The van der Waals surface area contributed by atoms with Gasteiger partial charge in [-0.25, -0.2) is 9.36 Å². The second kappa shape index (κ2) is 9.03. The maximum absolute atomic E-state index is 11.9. The van der Waals surface area contributed by atoms with Crippen molar-refractivity contribution >= 4 is 23.2 Å². The van der Waals surface area contributed by atoms with Crippen LogP contribution in [0.15, 0.2) is 79.1 Å². The van der Waals surface area contributed by atoms with Gasteiger partial charge in [0.2, 0.25) is 0 Å². The molecule has 0 fully saturated rings. The molecule has 0 saturated heterocycles. The summed E-state index contributed by atoms with van der Waals surface area (Å²) >= 11 is 12.1. The van der Waals surface area contributed by atoms with Gasteiger partial charge in [-0.15, -0.1) is 10.2 Å². The molecule has 0 amide bonds. The highest BCUT2D eigenvalue weighted by Gasteiger charge is 2.36. The molecule has 3 aromatic carbocycles. The molecule has 0 bridgehead atoms. The Hall–Kier alpha value is -3.92. The first kappa shape index (κ1) is 22.9. The predicted molar refractivity (Wildman–Crippen MR) is 129 cm³/mol. The van der Waals surface area contributed by atoms with Crippen LogP contribution >= 0.6 is 23.2 Å². The summed E-state index contributed by atoms with van der Waals surface area (Å²) in [5.74, 6) is -0.0631. The smallest absolute Gasteiger partial charge is 0.141 e. The van der Waals surface area contributed by atoms with Crippen molar-refractivity contribution in [3.63, 3.8) is 0 Å². The number of hydrogen-bond acceptors (Lipinski definition) is 7. The van der Waals surface area contributed by atoms with E-state index >= 15 is 0 Å². The quantitative estimate of drug-likeness (QED) is 0.316. The van der Waals surface area contributed by atoms with Crippen molar-refractivity contribution in [2.45, 2.75) is 12.0 Å². The number of rotatable bonds is 6. The molecule has 0 radical (unpaired) electrons. The summed E-state index contributed by atoms with van der Waals surface area (Å²) in [5.41, 5.74) is 0.239. The Balaban J connectivity index is 1.55. The lowest BCUT2D eigenvalue weighted by atomic mass is 9.86. The molecule has 5 aromatic rings. The standard InChI is InChI=1S/C24H18Cl2N6O3/c25-16-6-8-21(33)19(10-16)31-13-18(27-29-31)12-24(35,15-4-2-1-3-5-15)23-14-32(30-28-23)20-11-17(26)7-9-22(20)34/h1-11,13-14,33-35H,12H2. The second-order valence-electron chi connectivity index (χ2n) is 7.87. The maximum Gasteiger partial charge on any atom is 0.141 e. The average Bonchev–Trinajstić information content (AvgIpc) is 3.53. The summed E-state index contributed by atoms with van der Waals surface area (Å²) in [6, 6.07) is 18.1. The van der Waals surface area contributed by atoms with Gasteiger partial charge in [0.25, 0.3) is 0 Å². The van der Waals surface area contributed by atoms with Gasteiger partial charge in [-0.1, -0.05) is 64.0 Å². The summed E-state index contributed by atoms with van der Waals surface area (Å²) in [6.45, 7) is 0. The van der Waals surface area contributed by atoms with Gasteiger partial charge < -0.3 is 15.3 Å². The summed E-state index contributed by atoms with van der Waals surface area (Å²) < 4.78 is 2.72. The molecule has 176 valence electrons. The average molecular weight is 509 g/mol. The van der Waals surface area contributed by atoms with Crippen LogP contribution in [0.3, 0.4) is 0 Å². The first-order chi connectivity index (χ1) is 16.8. The van der Waals surface area contributed by atoms with Crippen molar-refractivity contribution in [3.05, 3.63) is 106 Å². The van der Waals surface area contributed by atoms with Gasteiger partial charge in [0.05, 0.1) is 18.1 Å². The highest BCUT2D eigenvalue weighted by atomic mass is 35.5. The van der Waals surface area contributed by atoms with Crippen molar-refractivity contribution in [2.24, 2.45) is 0 Å². The molecule has 0 aliphatic heterocycles. The van der Waals surface area contributed by atoms with Gasteiger partial charge in [0.1, 0.15) is 34.2 Å². The van der Waals surface area contributed by atoms with Crippen LogP contribution in [-0.2, 0) is 12.0 Å². The molecule has 2 heterocycles. The van der Waals surface area contributed by atoms with Crippen LogP contribution in [0.25, 0.3) is 11.4 Å². The fraction of sp³-hybridized carbons (Fsp3) is 0.0833. The Morgan fingerprint density at radius 1 is 0.743 bits per heavy atom. The molecule has 0 aliphatic rings. The van der Waals surface area contributed by atoms with Crippen molar-refractivity contribution in [1.29, 1.82) is 0 Å². The molecule has 11 heteroatoms. The van der Waals surface area contributed by atoms with Crippen LogP contribution in [0.5, 0.6) is 11.5 Å². The van der Waals surface area contributed by atoms with Crippen LogP contribution in [0.1, 0.15) is 17.0 Å². The number of halogens is 2. The van der Waals surface area contributed by atoms with E-state index in [-0.39, 0.29) is 23.6 Å². The van der Waals surface area contributed by atoms with E-state index in [1.165, 1.54) is 27.7 Å². The summed E-state index contributed by atoms with van der Waals surface area (Å²) in [4.78, 5) is 0. The molecular formula is C24H18Cl2N6O3. The minimum Gasteiger partial charge on any atom is -0.506 e. The van der Waals surface area contributed by atoms with Gasteiger partial charge in [-0.3, -0.25) is 0 Å².